The highest BCUT2D eigenvalue weighted by Gasteiger charge is 2.29. The van der Waals surface area contributed by atoms with Gasteiger partial charge in [0.25, 0.3) is 0 Å². The lowest BCUT2D eigenvalue weighted by atomic mass is 10.3. The van der Waals surface area contributed by atoms with Gasteiger partial charge in [0.2, 0.25) is 5.16 Å². The SMILES string of the molecule is O=[N+]([O-])c1c(Cl)cccc1Sc1nnnn1C1CC1. The number of nitro groups is 1. The van der Waals surface area contributed by atoms with Gasteiger partial charge in [-0.25, -0.2) is 4.68 Å². The van der Waals surface area contributed by atoms with Gasteiger partial charge in [-0.3, -0.25) is 10.1 Å². The average Bonchev–Trinajstić information content (AvgIpc) is 3.10. The van der Waals surface area contributed by atoms with Crippen molar-refractivity contribution in [3.05, 3.63) is 33.3 Å². The highest BCUT2D eigenvalue weighted by atomic mass is 35.5. The van der Waals surface area contributed by atoms with E-state index in [4.69, 9.17) is 11.6 Å². The fraction of sp³-hybridized carbons (Fsp3) is 0.300. The number of hydrogen-bond acceptors (Lipinski definition) is 6. The van der Waals surface area contributed by atoms with Crippen LogP contribution in [-0.4, -0.2) is 25.1 Å². The van der Waals surface area contributed by atoms with Crippen molar-refractivity contribution in [3.63, 3.8) is 0 Å². The highest BCUT2D eigenvalue weighted by Crippen LogP contribution is 2.41. The van der Waals surface area contributed by atoms with Gasteiger partial charge >= 0.3 is 5.69 Å². The third kappa shape index (κ3) is 2.41. The molecular formula is C10H8ClN5O2S. The lowest BCUT2D eigenvalue weighted by molar-refractivity contribution is -0.387. The molecule has 0 bridgehead atoms. The summed E-state index contributed by atoms with van der Waals surface area (Å²) in [5.41, 5.74) is -0.112. The first kappa shape index (κ1) is 12.4. The van der Waals surface area contributed by atoms with Crippen molar-refractivity contribution in [2.45, 2.75) is 28.9 Å². The summed E-state index contributed by atoms with van der Waals surface area (Å²) in [7, 11) is 0. The second kappa shape index (κ2) is 4.78. The number of nitro benzene ring substituents is 1. The van der Waals surface area contributed by atoms with E-state index < -0.39 is 4.92 Å². The van der Waals surface area contributed by atoms with Gasteiger partial charge in [0, 0.05) is 0 Å². The number of rotatable bonds is 4. The molecule has 0 amide bonds. The first-order valence-electron chi connectivity index (χ1n) is 5.55. The summed E-state index contributed by atoms with van der Waals surface area (Å²) in [5.74, 6) is 0. The van der Waals surface area contributed by atoms with Crippen LogP contribution in [0.25, 0.3) is 0 Å². The summed E-state index contributed by atoms with van der Waals surface area (Å²) in [6.45, 7) is 0. The maximum Gasteiger partial charge on any atom is 0.301 e. The molecule has 0 radical (unpaired) electrons. The molecule has 0 unspecified atom stereocenters. The third-order valence-electron chi connectivity index (χ3n) is 2.69. The summed E-state index contributed by atoms with van der Waals surface area (Å²) in [4.78, 5) is 11.0. The number of benzene rings is 1. The Morgan fingerprint density at radius 1 is 1.47 bits per heavy atom. The fourth-order valence-corrected chi connectivity index (χ4v) is 2.93. The first-order chi connectivity index (χ1) is 9.16. The van der Waals surface area contributed by atoms with Gasteiger partial charge in [-0.2, -0.15) is 0 Å². The van der Waals surface area contributed by atoms with E-state index in [-0.39, 0.29) is 10.7 Å². The van der Waals surface area contributed by atoms with Gasteiger partial charge in [0.05, 0.1) is 15.9 Å². The van der Waals surface area contributed by atoms with Crippen LogP contribution in [0.2, 0.25) is 5.02 Å². The Morgan fingerprint density at radius 2 is 2.26 bits per heavy atom. The molecule has 2 aromatic rings. The molecule has 1 aliphatic rings. The number of nitrogens with zero attached hydrogens (tertiary/aromatic N) is 5. The second-order valence-electron chi connectivity index (χ2n) is 4.08. The third-order valence-corrected chi connectivity index (χ3v) is 3.99. The van der Waals surface area contributed by atoms with Crippen molar-refractivity contribution >= 4 is 29.1 Å². The van der Waals surface area contributed by atoms with Crippen molar-refractivity contribution in [2.24, 2.45) is 0 Å². The maximum atomic E-state index is 11.1. The zero-order chi connectivity index (χ0) is 13.4. The Hall–Kier alpha value is -1.67. The van der Waals surface area contributed by atoms with Crippen LogP contribution in [-0.2, 0) is 0 Å². The number of halogens is 1. The Balaban J connectivity index is 1.97. The second-order valence-corrected chi connectivity index (χ2v) is 5.50. The lowest BCUT2D eigenvalue weighted by Crippen LogP contribution is -1.99. The van der Waals surface area contributed by atoms with Crippen LogP contribution in [0.5, 0.6) is 0 Å². The van der Waals surface area contributed by atoms with E-state index >= 15 is 0 Å². The molecule has 0 aliphatic heterocycles. The highest BCUT2D eigenvalue weighted by molar-refractivity contribution is 7.99. The van der Waals surface area contributed by atoms with Gasteiger partial charge in [-0.1, -0.05) is 17.7 Å². The molecule has 0 N–H and O–H groups in total. The van der Waals surface area contributed by atoms with Gasteiger partial charge in [-0.15, -0.1) is 5.10 Å². The molecule has 1 heterocycles. The molecule has 98 valence electrons. The van der Waals surface area contributed by atoms with E-state index in [0.29, 0.717) is 16.1 Å². The van der Waals surface area contributed by atoms with Crippen molar-refractivity contribution < 1.29 is 4.92 Å². The van der Waals surface area contributed by atoms with Gasteiger partial charge in [0.1, 0.15) is 5.02 Å². The Bertz CT molecular complexity index is 643. The van der Waals surface area contributed by atoms with E-state index in [1.165, 1.54) is 6.07 Å². The van der Waals surface area contributed by atoms with Crippen LogP contribution in [0, 0.1) is 10.1 Å². The van der Waals surface area contributed by atoms with E-state index in [2.05, 4.69) is 15.5 Å². The molecule has 0 saturated heterocycles. The zero-order valence-electron chi connectivity index (χ0n) is 9.56. The van der Waals surface area contributed by atoms with Crippen molar-refractivity contribution in [1.82, 2.24) is 20.2 Å². The Labute approximate surface area is 117 Å². The molecule has 1 aliphatic carbocycles. The van der Waals surface area contributed by atoms with Crippen LogP contribution < -0.4 is 0 Å². The molecule has 1 aromatic carbocycles. The Morgan fingerprint density at radius 3 is 2.95 bits per heavy atom. The molecule has 7 nitrogen and oxygen atoms in total. The number of para-hydroxylation sites is 1. The van der Waals surface area contributed by atoms with Crippen LogP contribution >= 0.6 is 23.4 Å². The number of tetrazole rings is 1. The minimum absolute atomic E-state index is 0.112. The van der Waals surface area contributed by atoms with Crippen LogP contribution in [0.15, 0.2) is 28.3 Å². The molecule has 9 heteroatoms. The van der Waals surface area contributed by atoms with E-state index in [1.54, 1.807) is 16.8 Å². The van der Waals surface area contributed by atoms with Crippen molar-refractivity contribution in [2.75, 3.05) is 0 Å². The quantitative estimate of drug-likeness (QED) is 0.637. The minimum Gasteiger partial charge on any atom is -0.258 e. The largest absolute Gasteiger partial charge is 0.301 e. The van der Waals surface area contributed by atoms with Crippen molar-refractivity contribution in [1.29, 1.82) is 0 Å². The summed E-state index contributed by atoms with van der Waals surface area (Å²) in [5, 5.41) is 23.1. The smallest absolute Gasteiger partial charge is 0.258 e. The normalized spacial score (nSPS) is 14.6. The zero-order valence-corrected chi connectivity index (χ0v) is 11.1. The van der Waals surface area contributed by atoms with Crippen LogP contribution in [0.4, 0.5) is 5.69 Å². The molecule has 3 rings (SSSR count). The predicted octanol–water partition coefficient (Wildman–Crippen LogP) is 2.72. The van der Waals surface area contributed by atoms with E-state index in [1.807, 2.05) is 0 Å². The van der Waals surface area contributed by atoms with Gasteiger partial charge in [0.15, 0.2) is 0 Å². The summed E-state index contributed by atoms with van der Waals surface area (Å²) >= 11 is 7.02. The summed E-state index contributed by atoms with van der Waals surface area (Å²) < 4.78 is 1.70. The average molecular weight is 298 g/mol. The van der Waals surface area contributed by atoms with Crippen LogP contribution in [0.3, 0.4) is 0 Å². The molecule has 1 fully saturated rings. The van der Waals surface area contributed by atoms with Gasteiger partial charge < -0.3 is 0 Å². The molecule has 1 saturated carbocycles. The monoisotopic (exact) mass is 297 g/mol. The molecule has 0 atom stereocenters. The number of hydrogen-bond donors (Lipinski definition) is 0. The summed E-state index contributed by atoms with van der Waals surface area (Å²) in [6, 6.07) is 5.12. The molecule has 19 heavy (non-hydrogen) atoms. The van der Waals surface area contributed by atoms with Crippen LogP contribution in [0.1, 0.15) is 18.9 Å². The maximum absolute atomic E-state index is 11.1. The summed E-state index contributed by atoms with van der Waals surface area (Å²) in [6.07, 6.45) is 2.08. The fourth-order valence-electron chi connectivity index (χ4n) is 1.65. The molecule has 0 spiro atoms. The Kier molecular flexibility index (Phi) is 3.11. The number of aromatic nitrogens is 4. The topological polar surface area (TPSA) is 86.7 Å². The lowest BCUT2D eigenvalue weighted by Gasteiger charge is -2.04. The minimum atomic E-state index is -0.490. The van der Waals surface area contributed by atoms with E-state index in [9.17, 15) is 10.1 Å². The first-order valence-corrected chi connectivity index (χ1v) is 6.75. The van der Waals surface area contributed by atoms with Gasteiger partial charge in [-0.05, 0) is 47.2 Å². The molecular weight excluding hydrogens is 290 g/mol. The molecule has 1 aromatic heterocycles. The van der Waals surface area contributed by atoms with Crippen molar-refractivity contribution in [3.8, 4) is 0 Å². The van der Waals surface area contributed by atoms with E-state index in [0.717, 1.165) is 24.6 Å². The predicted molar refractivity (Wildman–Crippen MR) is 68.3 cm³/mol. The standard InChI is InChI=1S/C10H8ClN5O2S/c11-7-2-1-3-8(9(7)16(17)18)19-10-12-13-14-15(10)6-4-5-6/h1-3,6H,4-5H2.